The van der Waals surface area contributed by atoms with E-state index in [4.69, 9.17) is 9.47 Å². The SMILES string of the molecule is CCCOc1ccc(C2c3c(-c4c(C)cc(C)cc4O)n[nH]c3C(=O)N2Cc2ccc(F)cc2)cc1OCC. The summed E-state index contributed by atoms with van der Waals surface area (Å²) >= 11 is 0. The Morgan fingerprint density at radius 1 is 1.03 bits per heavy atom. The summed E-state index contributed by atoms with van der Waals surface area (Å²) in [6.07, 6.45) is 0.858. The van der Waals surface area contributed by atoms with Crippen molar-refractivity contribution < 1.29 is 23.8 Å². The van der Waals surface area contributed by atoms with Crippen LogP contribution < -0.4 is 9.47 Å². The zero-order valence-corrected chi connectivity index (χ0v) is 22.5. The van der Waals surface area contributed by atoms with Crippen LogP contribution in [-0.4, -0.2) is 39.3 Å². The predicted molar refractivity (Wildman–Crippen MR) is 147 cm³/mol. The van der Waals surface area contributed by atoms with E-state index in [0.717, 1.165) is 28.7 Å². The molecule has 1 atom stereocenters. The minimum absolute atomic E-state index is 0.100. The molecule has 202 valence electrons. The molecule has 1 aliphatic rings. The molecule has 2 N–H and O–H groups in total. The first-order chi connectivity index (χ1) is 18.8. The maximum absolute atomic E-state index is 13.8. The molecule has 0 fully saturated rings. The number of H-pyrrole nitrogens is 1. The number of carbonyl (C=O) groups excluding carboxylic acids is 1. The Hall–Kier alpha value is -4.33. The van der Waals surface area contributed by atoms with Gasteiger partial charge in [0.1, 0.15) is 23.0 Å². The van der Waals surface area contributed by atoms with Crippen molar-refractivity contribution in [1.82, 2.24) is 15.1 Å². The van der Waals surface area contributed by atoms with E-state index in [9.17, 15) is 14.3 Å². The minimum Gasteiger partial charge on any atom is -0.507 e. The number of hydrogen-bond acceptors (Lipinski definition) is 5. The smallest absolute Gasteiger partial charge is 0.273 e. The Morgan fingerprint density at radius 3 is 2.49 bits per heavy atom. The third-order valence-corrected chi connectivity index (χ3v) is 6.87. The number of nitrogens with zero attached hydrogens (tertiary/aromatic N) is 2. The molecule has 1 aromatic heterocycles. The second kappa shape index (κ2) is 10.8. The summed E-state index contributed by atoms with van der Waals surface area (Å²) in [5.41, 5.74) is 5.51. The second-order valence-electron chi connectivity index (χ2n) is 9.79. The molecule has 0 radical (unpaired) electrons. The van der Waals surface area contributed by atoms with E-state index in [-0.39, 0.29) is 24.0 Å². The number of aromatic nitrogens is 2. The number of ether oxygens (including phenoxy) is 2. The molecule has 1 unspecified atom stereocenters. The number of phenols is 1. The fourth-order valence-electron chi connectivity index (χ4n) is 5.23. The Morgan fingerprint density at radius 2 is 1.79 bits per heavy atom. The monoisotopic (exact) mass is 529 g/mol. The minimum atomic E-state index is -0.536. The molecule has 0 spiro atoms. The largest absolute Gasteiger partial charge is 0.507 e. The molecule has 5 rings (SSSR count). The molecule has 0 aliphatic carbocycles. The zero-order chi connectivity index (χ0) is 27.7. The van der Waals surface area contributed by atoms with Crippen molar-refractivity contribution in [1.29, 1.82) is 0 Å². The van der Waals surface area contributed by atoms with Crippen molar-refractivity contribution in [2.75, 3.05) is 13.2 Å². The van der Waals surface area contributed by atoms with Crippen molar-refractivity contribution >= 4 is 5.91 Å². The lowest BCUT2D eigenvalue weighted by Crippen LogP contribution is -2.29. The maximum atomic E-state index is 13.8. The van der Waals surface area contributed by atoms with Crippen molar-refractivity contribution in [3.05, 3.63) is 93.9 Å². The van der Waals surface area contributed by atoms with Gasteiger partial charge in [-0.3, -0.25) is 9.89 Å². The zero-order valence-electron chi connectivity index (χ0n) is 22.5. The molecule has 0 saturated heterocycles. The highest BCUT2D eigenvalue weighted by atomic mass is 19.1. The molecule has 7 nitrogen and oxygen atoms in total. The van der Waals surface area contributed by atoms with Crippen LogP contribution in [0.2, 0.25) is 0 Å². The van der Waals surface area contributed by atoms with Gasteiger partial charge < -0.3 is 19.5 Å². The van der Waals surface area contributed by atoms with Gasteiger partial charge in [-0.1, -0.05) is 31.2 Å². The number of halogens is 1. The van der Waals surface area contributed by atoms with Crippen molar-refractivity contribution in [3.63, 3.8) is 0 Å². The molecule has 4 aromatic rings. The molecule has 8 heteroatoms. The number of hydrogen-bond donors (Lipinski definition) is 2. The van der Waals surface area contributed by atoms with Gasteiger partial charge in [-0.2, -0.15) is 5.10 Å². The molecular formula is C31H32FN3O4. The number of rotatable bonds is 9. The quantitative estimate of drug-likeness (QED) is 0.259. The van der Waals surface area contributed by atoms with Crippen LogP contribution in [-0.2, 0) is 6.54 Å². The second-order valence-corrected chi connectivity index (χ2v) is 9.79. The summed E-state index contributed by atoms with van der Waals surface area (Å²) < 4.78 is 25.5. The molecule has 2 heterocycles. The first kappa shape index (κ1) is 26.3. The summed E-state index contributed by atoms with van der Waals surface area (Å²) in [7, 11) is 0. The van der Waals surface area contributed by atoms with Crippen LogP contribution in [0.5, 0.6) is 17.2 Å². The highest BCUT2D eigenvalue weighted by Crippen LogP contribution is 2.47. The van der Waals surface area contributed by atoms with Gasteiger partial charge in [0.2, 0.25) is 0 Å². The lowest BCUT2D eigenvalue weighted by atomic mass is 9.93. The van der Waals surface area contributed by atoms with Gasteiger partial charge in [-0.25, -0.2) is 4.39 Å². The fourth-order valence-corrected chi connectivity index (χ4v) is 5.23. The number of benzene rings is 3. The number of aryl methyl sites for hydroxylation is 2. The van der Waals surface area contributed by atoms with Crippen molar-refractivity contribution in [3.8, 4) is 28.5 Å². The first-order valence-electron chi connectivity index (χ1n) is 13.2. The Bertz CT molecular complexity index is 1490. The normalized spacial score (nSPS) is 14.5. The highest BCUT2D eigenvalue weighted by Gasteiger charge is 2.43. The number of nitrogens with one attached hydrogen (secondary N) is 1. The molecule has 1 aliphatic heterocycles. The van der Waals surface area contributed by atoms with E-state index in [0.29, 0.717) is 47.2 Å². The van der Waals surface area contributed by atoms with Gasteiger partial charge in [0.25, 0.3) is 5.91 Å². The molecule has 3 aromatic carbocycles. The maximum Gasteiger partial charge on any atom is 0.273 e. The Kier molecular flexibility index (Phi) is 7.28. The van der Waals surface area contributed by atoms with E-state index < -0.39 is 6.04 Å². The van der Waals surface area contributed by atoms with Crippen LogP contribution in [0.3, 0.4) is 0 Å². The number of carbonyl (C=O) groups is 1. The van der Waals surface area contributed by atoms with E-state index in [1.165, 1.54) is 12.1 Å². The summed E-state index contributed by atoms with van der Waals surface area (Å²) in [4.78, 5) is 15.5. The average molecular weight is 530 g/mol. The number of phenolic OH excluding ortho intramolecular Hbond substituents is 1. The van der Waals surface area contributed by atoms with Gasteiger partial charge in [0.15, 0.2) is 11.5 Å². The van der Waals surface area contributed by atoms with Crippen LogP contribution in [0.15, 0.2) is 54.6 Å². The third kappa shape index (κ3) is 4.94. The number of fused-ring (bicyclic) bond motifs is 1. The van der Waals surface area contributed by atoms with Crippen LogP contribution in [0.1, 0.15) is 64.6 Å². The Balaban J connectivity index is 1.67. The van der Waals surface area contributed by atoms with E-state index in [1.807, 2.05) is 52.0 Å². The standard InChI is InChI=1S/C31H32FN3O4/c1-5-13-39-24-12-9-21(16-25(24)38-6-2)30-27-28(26-19(4)14-18(3)15-23(26)36)33-34-29(27)31(37)35(30)17-20-7-10-22(32)11-8-20/h7-12,14-16,30,36H,5-6,13,17H2,1-4H3,(H,33,34). The number of aromatic amines is 1. The molecular weight excluding hydrogens is 497 g/mol. The molecule has 0 saturated carbocycles. The lowest BCUT2D eigenvalue weighted by molar-refractivity contribution is 0.0729. The summed E-state index contributed by atoms with van der Waals surface area (Å²) in [6, 6.07) is 15.0. The van der Waals surface area contributed by atoms with E-state index in [1.54, 1.807) is 23.1 Å². The van der Waals surface area contributed by atoms with Crippen LogP contribution >= 0.6 is 0 Å². The number of aromatic hydroxyl groups is 1. The van der Waals surface area contributed by atoms with Gasteiger partial charge in [-0.05, 0) is 79.8 Å². The first-order valence-corrected chi connectivity index (χ1v) is 13.2. The van der Waals surface area contributed by atoms with Crippen LogP contribution in [0, 0.1) is 19.7 Å². The molecule has 0 bridgehead atoms. The van der Waals surface area contributed by atoms with Gasteiger partial charge >= 0.3 is 0 Å². The number of amides is 1. The summed E-state index contributed by atoms with van der Waals surface area (Å²) in [5.74, 6) is 0.756. The average Bonchev–Trinajstić information content (AvgIpc) is 3.43. The highest BCUT2D eigenvalue weighted by molar-refractivity contribution is 6.00. The van der Waals surface area contributed by atoms with Crippen LogP contribution in [0.25, 0.3) is 11.3 Å². The van der Waals surface area contributed by atoms with Gasteiger partial charge in [0.05, 0.1) is 19.3 Å². The lowest BCUT2D eigenvalue weighted by Gasteiger charge is -2.27. The Labute approximate surface area is 227 Å². The third-order valence-electron chi connectivity index (χ3n) is 6.87. The summed E-state index contributed by atoms with van der Waals surface area (Å²) in [5, 5.41) is 18.4. The van der Waals surface area contributed by atoms with Gasteiger partial charge in [0, 0.05) is 17.7 Å². The predicted octanol–water partition coefficient (Wildman–Crippen LogP) is 6.47. The molecule has 39 heavy (non-hydrogen) atoms. The van der Waals surface area contributed by atoms with E-state index in [2.05, 4.69) is 10.2 Å². The van der Waals surface area contributed by atoms with Gasteiger partial charge in [-0.15, -0.1) is 0 Å². The topological polar surface area (TPSA) is 87.7 Å². The summed E-state index contributed by atoms with van der Waals surface area (Å²) in [6.45, 7) is 9.04. The fraction of sp³-hybridized carbons (Fsp3) is 0.290. The van der Waals surface area contributed by atoms with Crippen molar-refractivity contribution in [2.24, 2.45) is 0 Å². The van der Waals surface area contributed by atoms with Crippen molar-refractivity contribution in [2.45, 2.75) is 46.7 Å². The van der Waals surface area contributed by atoms with E-state index >= 15 is 0 Å². The van der Waals surface area contributed by atoms with Crippen LogP contribution in [0.4, 0.5) is 4.39 Å². The molecule has 1 amide bonds.